The van der Waals surface area contributed by atoms with Gasteiger partial charge < -0.3 is 14.8 Å². The third-order valence-electron chi connectivity index (χ3n) is 5.63. The summed E-state index contributed by atoms with van der Waals surface area (Å²) in [6.07, 6.45) is 1.22. The van der Waals surface area contributed by atoms with E-state index >= 15 is 0 Å². The summed E-state index contributed by atoms with van der Waals surface area (Å²) in [5.41, 5.74) is 4.12. The molecule has 2 heterocycles. The van der Waals surface area contributed by atoms with Crippen molar-refractivity contribution >= 4 is 28.5 Å². The Morgan fingerprint density at radius 1 is 1.17 bits per heavy atom. The van der Waals surface area contributed by atoms with Crippen LogP contribution in [0, 0.1) is 12.8 Å². The summed E-state index contributed by atoms with van der Waals surface area (Å²) in [4.78, 5) is 31.3. The highest BCUT2D eigenvalue weighted by Gasteiger charge is 2.34. The van der Waals surface area contributed by atoms with E-state index in [1.54, 1.807) is 4.90 Å². The molecule has 0 spiro atoms. The lowest BCUT2D eigenvalue weighted by molar-refractivity contribution is -0.126. The maximum atomic E-state index is 12.6. The Hall–Kier alpha value is -3.15. The SMILES string of the molecule is CCc1ccc(N2C[C@H](C(=O)NCCn3c(C)nc4ccccc43)CC2=O)cc1. The molecule has 1 aliphatic heterocycles. The zero-order valence-electron chi connectivity index (χ0n) is 16.9. The number of imidazole rings is 1. The standard InChI is InChI=1S/C23H26N4O2/c1-3-17-8-10-19(11-9-17)27-15-18(14-22(27)28)23(29)24-12-13-26-16(2)25-20-6-4-5-7-21(20)26/h4-11,18H,3,12-15H2,1-2H3,(H,24,29)/t18-/m1/s1. The molecule has 1 N–H and O–H groups in total. The van der Waals surface area contributed by atoms with Crippen LogP contribution < -0.4 is 10.2 Å². The second-order valence-electron chi connectivity index (χ2n) is 7.52. The van der Waals surface area contributed by atoms with Crippen LogP contribution in [0.25, 0.3) is 11.0 Å². The van der Waals surface area contributed by atoms with E-state index in [1.165, 1.54) is 5.56 Å². The number of carbonyl (C=O) groups is 2. The van der Waals surface area contributed by atoms with Crippen LogP contribution in [-0.2, 0) is 22.6 Å². The fourth-order valence-electron chi connectivity index (χ4n) is 3.96. The first-order chi connectivity index (χ1) is 14.1. The molecule has 1 fully saturated rings. The minimum Gasteiger partial charge on any atom is -0.354 e. The Bertz CT molecular complexity index is 1040. The molecule has 0 aliphatic carbocycles. The van der Waals surface area contributed by atoms with Gasteiger partial charge in [0.25, 0.3) is 0 Å². The highest BCUT2D eigenvalue weighted by Crippen LogP contribution is 2.25. The van der Waals surface area contributed by atoms with Gasteiger partial charge >= 0.3 is 0 Å². The number of fused-ring (bicyclic) bond motifs is 1. The van der Waals surface area contributed by atoms with Crippen LogP contribution >= 0.6 is 0 Å². The van der Waals surface area contributed by atoms with Crippen molar-refractivity contribution in [3.63, 3.8) is 0 Å². The number of benzene rings is 2. The van der Waals surface area contributed by atoms with Gasteiger partial charge in [-0.3, -0.25) is 9.59 Å². The van der Waals surface area contributed by atoms with Gasteiger partial charge in [0.05, 0.1) is 17.0 Å². The van der Waals surface area contributed by atoms with Crippen molar-refractivity contribution in [2.45, 2.75) is 33.2 Å². The topological polar surface area (TPSA) is 67.2 Å². The average Bonchev–Trinajstić information content (AvgIpc) is 3.28. The van der Waals surface area contributed by atoms with Gasteiger partial charge in [0, 0.05) is 31.7 Å². The fraction of sp³-hybridized carbons (Fsp3) is 0.348. The van der Waals surface area contributed by atoms with Crippen molar-refractivity contribution in [2.75, 3.05) is 18.0 Å². The first-order valence-corrected chi connectivity index (χ1v) is 10.2. The Morgan fingerprint density at radius 2 is 1.93 bits per heavy atom. The second-order valence-corrected chi connectivity index (χ2v) is 7.52. The number of rotatable bonds is 6. The predicted octanol–water partition coefficient (Wildman–Crippen LogP) is 3.08. The van der Waals surface area contributed by atoms with Crippen molar-refractivity contribution in [3.8, 4) is 0 Å². The highest BCUT2D eigenvalue weighted by atomic mass is 16.2. The summed E-state index contributed by atoms with van der Waals surface area (Å²) in [6, 6.07) is 16.0. The van der Waals surface area contributed by atoms with Crippen LogP contribution in [0.1, 0.15) is 24.7 Å². The molecule has 2 amide bonds. The van der Waals surface area contributed by atoms with Crippen molar-refractivity contribution in [2.24, 2.45) is 5.92 Å². The number of anilines is 1. The molecule has 1 saturated heterocycles. The molecule has 1 aromatic heterocycles. The quantitative estimate of drug-likeness (QED) is 0.703. The third-order valence-corrected chi connectivity index (χ3v) is 5.63. The van der Waals surface area contributed by atoms with Gasteiger partial charge in [-0.25, -0.2) is 4.98 Å². The molecule has 0 saturated carbocycles. The molecule has 1 aliphatic rings. The van der Waals surface area contributed by atoms with Gasteiger partial charge in [-0.2, -0.15) is 0 Å². The number of hydrogen-bond acceptors (Lipinski definition) is 3. The number of nitrogens with zero attached hydrogens (tertiary/aromatic N) is 3. The minimum atomic E-state index is -0.311. The summed E-state index contributed by atoms with van der Waals surface area (Å²) in [7, 11) is 0. The van der Waals surface area contributed by atoms with Gasteiger partial charge in [0.2, 0.25) is 11.8 Å². The van der Waals surface area contributed by atoms with E-state index in [1.807, 2.05) is 55.5 Å². The van der Waals surface area contributed by atoms with Crippen molar-refractivity contribution in [1.29, 1.82) is 0 Å². The van der Waals surface area contributed by atoms with E-state index in [9.17, 15) is 9.59 Å². The van der Waals surface area contributed by atoms with E-state index in [-0.39, 0.29) is 24.2 Å². The molecular weight excluding hydrogens is 364 g/mol. The molecule has 6 nitrogen and oxygen atoms in total. The normalized spacial score (nSPS) is 16.6. The minimum absolute atomic E-state index is 0.00541. The Labute approximate surface area is 170 Å². The van der Waals surface area contributed by atoms with Crippen LogP contribution in [0.15, 0.2) is 48.5 Å². The first-order valence-electron chi connectivity index (χ1n) is 10.2. The molecular formula is C23H26N4O2. The summed E-state index contributed by atoms with van der Waals surface area (Å²) in [5, 5.41) is 3.00. The van der Waals surface area contributed by atoms with E-state index in [0.717, 1.165) is 29.0 Å². The predicted molar refractivity (Wildman–Crippen MR) is 114 cm³/mol. The zero-order valence-corrected chi connectivity index (χ0v) is 16.9. The van der Waals surface area contributed by atoms with E-state index < -0.39 is 0 Å². The molecule has 2 aromatic carbocycles. The lowest BCUT2D eigenvalue weighted by Crippen LogP contribution is -2.34. The fourth-order valence-corrected chi connectivity index (χ4v) is 3.96. The maximum absolute atomic E-state index is 12.6. The lowest BCUT2D eigenvalue weighted by Gasteiger charge is -2.17. The number of aryl methyl sites for hydroxylation is 2. The van der Waals surface area contributed by atoms with Gasteiger partial charge in [-0.05, 0) is 43.2 Å². The molecule has 0 unspecified atom stereocenters. The number of aromatic nitrogens is 2. The van der Waals surface area contributed by atoms with Crippen LogP contribution in [0.3, 0.4) is 0 Å². The monoisotopic (exact) mass is 390 g/mol. The maximum Gasteiger partial charge on any atom is 0.227 e. The number of para-hydroxylation sites is 2. The molecule has 0 bridgehead atoms. The highest BCUT2D eigenvalue weighted by molar-refractivity contribution is 6.00. The number of hydrogen-bond donors (Lipinski definition) is 1. The molecule has 29 heavy (non-hydrogen) atoms. The smallest absolute Gasteiger partial charge is 0.227 e. The van der Waals surface area contributed by atoms with Crippen LogP contribution in [0.4, 0.5) is 5.69 Å². The van der Waals surface area contributed by atoms with Crippen molar-refractivity contribution < 1.29 is 9.59 Å². The van der Waals surface area contributed by atoms with Crippen molar-refractivity contribution in [3.05, 3.63) is 59.9 Å². The van der Waals surface area contributed by atoms with Crippen LogP contribution in [-0.4, -0.2) is 34.5 Å². The molecule has 4 rings (SSSR count). The molecule has 3 aromatic rings. The Balaban J connectivity index is 1.35. The van der Waals surface area contributed by atoms with E-state index in [2.05, 4.69) is 21.8 Å². The van der Waals surface area contributed by atoms with Crippen LogP contribution in [0.2, 0.25) is 0 Å². The molecule has 6 heteroatoms. The lowest BCUT2D eigenvalue weighted by atomic mass is 10.1. The van der Waals surface area contributed by atoms with Gasteiger partial charge in [0.1, 0.15) is 5.82 Å². The summed E-state index contributed by atoms with van der Waals surface area (Å²) >= 11 is 0. The number of nitrogens with one attached hydrogen (secondary N) is 1. The number of amides is 2. The van der Waals surface area contributed by atoms with Crippen molar-refractivity contribution in [1.82, 2.24) is 14.9 Å². The van der Waals surface area contributed by atoms with Crippen LogP contribution in [0.5, 0.6) is 0 Å². The summed E-state index contributed by atoms with van der Waals surface area (Å²) < 4.78 is 2.11. The van der Waals surface area contributed by atoms with E-state index in [0.29, 0.717) is 19.6 Å². The second kappa shape index (κ2) is 8.07. The first kappa shape index (κ1) is 19.2. The Morgan fingerprint density at radius 3 is 2.69 bits per heavy atom. The summed E-state index contributed by atoms with van der Waals surface area (Å²) in [6.45, 7) is 5.67. The molecule has 0 radical (unpaired) electrons. The number of carbonyl (C=O) groups excluding carboxylic acids is 2. The third kappa shape index (κ3) is 3.88. The molecule has 150 valence electrons. The zero-order chi connectivity index (χ0) is 20.4. The average molecular weight is 390 g/mol. The van der Waals surface area contributed by atoms with Gasteiger partial charge in [-0.1, -0.05) is 31.2 Å². The largest absolute Gasteiger partial charge is 0.354 e. The van der Waals surface area contributed by atoms with E-state index in [4.69, 9.17) is 0 Å². The Kier molecular flexibility index (Phi) is 5.34. The van der Waals surface area contributed by atoms with Gasteiger partial charge in [-0.15, -0.1) is 0 Å². The molecule has 1 atom stereocenters. The summed E-state index contributed by atoms with van der Waals surface area (Å²) in [5.74, 6) is 0.561. The van der Waals surface area contributed by atoms with Gasteiger partial charge in [0.15, 0.2) is 0 Å².